The number of carbonyl (C=O) groups excluding carboxylic acids is 3. The topological polar surface area (TPSA) is 75.3 Å². The number of hydrogen-bond acceptors (Lipinski definition) is 3. The summed E-state index contributed by atoms with van der Waals surface area (Å²) < 4.78 is 0. The molecule has 0 spiro atoms. The molecule has 3 amide bonds. The van der Waals surface area contributed by atoms with E-state index in [0.29, 0.717) is 12.0 Å². The summed E-state index contributed by atoms with van der Waals surface area (Å²) >= 11 is 0. The lowest BCUT2D eigenvalue weighted by atomic mass is 10.1. The Hall–Kier alpha value is -1.91. The molecule has 1 saturated heterocycles. The fourth-order valence-corrected chi connectivity index (χ4v) is 1.63. The summed E-state index contributed by atoms with van der Waals surface area (Å²) in [4.78, 5) is 34.0. The molecule has 0 aliphatic carbocycles. The molecular formula is C13H18N2O3. The van der Waals surface area contributed by atoms with Crippen LogP contribution in [0.4, 0.5) is 0 Å². The van der Waals surface area contributed by atoms with Crippen LogP contribution in [0.15, 0.2) is 24.3 Å². The molecule has 1 aliphatic rings. The first-order valence-electron chi connectivity index (χ1n) is 6.00. The van der Waals surface area contributed by atoms with E-state index in [2.05, 4.69) is 17.2 Å². The number of imide groups is 1. The van der Waals surface area contributed by atoms with Gasteiger partial charge in [0, 0.05) is 6.42 Å². The van der Waals surface area contributed by atoms with Crippen LogP contribution < -0.4 is 10.6 Å². The third-order valence-electron chi connectivity index (χ3n) is 2.55. The molecule has 0 aromatic carbocycles. The van der Waals surface area contributed by atoms with Crippen LogP contribution in [-0.2, 0) is 14.4 Å². The standard InChI is InChI=1S/C13H18N2O3/c1-3-4-5-9(2)8-12(17)14-10-6-7-11(16)15-13(10)18/h4-5,10H,2-3,6-8H2,1H3,(H,14,17)(H,15,16,18)/b5-4-. The second-order valence-corrected chi connectivity index (χ2v) is 4.22. The highest BCUT2D eigenvalue weighted by Gasteiger charge is 2.27. The van der Waals surface area contributed by atoms with E-state index in [0.717, 1.165) is 6.42 Å². The number of piperidine rings is 1. The summed E-state index contributed by atoms with van der Waals surface area (Å²) in [6, 6.07) is -0.613. The Kier molecular flexibility index (Phi) is 5.30. The lowest BCUT2D eigenvalue weighted by Crippen LogP contribution is -2.52. The van der Waals surface area contributed by atoms with E-state index in [1.807, 2.05) is 13.0 Å². The third-order valence-corrected chi connectivity index (χ3v) is 2.55. The van der Waals surface area contributed by atoms with Crippen molar-refractivity contribution in [1.29, 1.82) is 0 Å². The fourth-order valence-electron chi connectivity index (χ4n) is 1.63. The zero-order valence-electron chi connectivity index (χ0n) is 10.5. The molecule has 5 nitrogen and oxygen atoms in total. The minimum absolute atomic E-state index is 0.161. The number of carbonyl (C=O) groups is 3. The van der Waals surface area contributed by atoms with Crippen molar-refractivity contribution in [3.05, 3.63) is 24.3 Å². The summed E-state index contributed by atoms with van der Waals surface area (Å²) in [5.41, 5.74) is 0.696. The van der Waals surface area contributed by atoms with Gasteiger partial charge in [-0.2, -0.15) is 0 Å². The number of hydrogen-bond donors (Lipinski definition) is 2. The summed E-state index contributed by atoms with van der Waals surface area (Å²) in [5, 5.41) is 4.79. The molecule has 1 heterocycles. The van der Waals surface area contributed by atoms with Crippen molar-refractivity contribution in [3.63, 3.8) is 0 Å². The molecule has 0 bridgehead atoms. The van der Waals surface area contributed by atoms with E-state index in [9.17, 15) is 14.4 Å². The van der Waals surface area contributed by atoms with Gasteiger partial charge in [-0.15, -0.1) is 0 Å². The molecule has 0 aromatic rings. The van der Waals surface area contributed by atoms with Crippen molar-refractivity contribution in [1.82, 2.24) is 10.6 Å². The molecule has 1 fully saturated rings. The minimum Gasteiger partial charge on any atom is -0.344 e. The summed E-state index contributed by atoms with van der Waals surface area (Å²) in [5.74, 6) is -0.981. The van der Waals surface area contributed by atoms with E-state index in [4.69, 9.17) is 0 Å². The van der Waals surface area contributed by atoms with E-state index in [1.54, 1.807) is 6.08 Å². The van der Waals surface area contributed by atoms with Gasteiger partial charge in [-0.25, -0.2) is 0 Å². The Bertz CT molecular complexity index is 399. The highest BCUT2D eigenvalue weighted by molar-refractivity contribution is 6.01. The van der Waals surface area contributed by atoms with Gasteiger partial charge in [0.2, 0.25) is 17.7 Å². The monoisotopic (exact) mass is 250 g/mol. The molecule has 0 radical (unpaired) electrons. The van der Waals surface area contributed by atoms with Gasteiger partial charge in [-0.3, -0.25) is 19.7 Å². The number of rotatable bonds is 5. The quantitative estimate of drug-likeness (QED) is 0.560. The lowest BCUT2D eigenvalue weighted by molar-refractivity contribution is -0.137. The second kappa shape index (κ2) is 6.74. The van der Waals surface area contributed by atoms with Crippen LogP contribution in [-0.4, -0.2) is 23.8 Å². The summed E-state index contributed by atoms with van der Waals surface area (Å²) in [7, 11) is 0. The first-order chi connectivity index (χ1) is 8.52. The maximum atomic E-state index is 11.6. The van der Waals surface area contributed by atoms with Crippen molar-refractivity contribution in [2.75, 3.05) is 0 Å². The highest BCUT2D eigenvalue weighted by atomic mass is 16.2. The molecule has 1 aliphatic heterocycles. The maximum Gasteiger partial charge on any atom is 0.249 e. The Balaban J connectivity index is 2.40. The summed E-state index contributed by atoms with van der Waals surface area (Å²) in [6.07, 6.45) is 5.37. The predicted molar refractivity (Wildman–Crippen MR) is 67.5 cm³/mol. The number of nitrogens with one attached hydrogen (secondary N) is 2. The molecule has 2 N–H and O–H groups in total. The molecule has 0 aromatic heterocycles. The van der Waals surface area contributed by atoms with Gasteiger partial charge in [0.15, 0.2) is 0 Å². The van der Waals surface area contributed by atoms with Crippen LogP contribution in [0.3, 0.4) is 0 Å². The first-order valence-corrected chi connectivity index (χ1v) is 6.00. The first kappa shape index (κ1) is 14.2. The molecule has 5 heteroatoms. The van der Waals surface area contributed by atoms with Gasteiger partial charge in [0.05, 0.1) is 6.42 Å². The minimum atomic E-state index is -0.613. The molecule has 0 saturated carbocycles. The lowest BCUT2D eigenvalue weighted by Gasteiger charge is -2.21. The van der Waals surface area contributed by atoms with Crippen molar-refractivity contribution >= 4 is 17.7 Å². The smallest absolute Gasteiger partial charge is 0.249 e. The Morgan fingerprint density at radius 1 is 1.56 bits per heavy atom. The average Bonchev–Trinajstić information content (AvgIpc) is 2.30. The molecule has 1 unspecified atom stereocenters. The van der Waals surface area contributed by atoms with Gasteiger partial charge < -0.3 is 5.32 Å². The summed E-state index contributed by atoms with van der Waals surface area (Å²) in [6.45, 7) is 5.75. The highest BCUT2D eigenvalue weighted by Crippen LogP contribution is 2.06. The van der Waals surface area contributed by atoms with Crippen LogP contribution in [0, 0.1) is 0 Å². The van der Waals surface area contributed by atoms with Crippen molar-refractivity contribution < 1.29 is 14.4 Å². The van der Waals surface area contributed by atoms with E-state index >= 15 is 0 Å². The van der Waals surface area contributed by atoms with E-state index in [1.165, 1.54) is 0 Å². The predicted octanol–water partition coefficient (Wildman–Crippen LogP) is 0.820. The number of allylic oxidation sites excluding steroid dienone is 2. The van der Waals surface area contributed by atoms with E-state index in [-0.39, 0.29) is 24.7 Å². The SMILES string of the molecule is C=C(/C=C\CC)CC(=O)NC1CCC(=O)NC1=O. The molecule has 1 atom stereocenters. The Labute approximate surface area is 106 Å². The van der Waals surface area contributed by atoms with Crippen molar-refractivity contribution in [2.24, 2.45) is 0 Å². The van der Waals surface area contributed by atoms with Crippen LogP contribution in [0.5, 0.6) is 0 Å². The second-order valence-electron chi connectivity index (χ2n) is 4.22. The number of amides is 3. The normalized spacial score (nSPS) is 19.7. The third kappa shape index (κ3) is 4.53. The molecule has 1 rings (SSSR count). The largest absolute Gasteiger partial charge is 0.344 e. The van der Waals surface area contributed by atoms with Crippen molar-refractivity contribution in [2.45, 2.75) is 38.6 Å². The Morgan fingerprint density at radius 3 is 2.89 bits per heavy atom. The van der Waals surface area contributed by atoms with Gasteiger partial charge in [-0.1, -0.05) is 25.7 Å². The molecular weight excluding hydrogens is 232 g/mol. The average molecular weight is 250 g/mol. The molecule has 98 valence electrons. The van der Waals surface area contributed by atoms with Gasteiger partial charge in [0.1, 0.15) is 6.04 Å². The van der Waals surface area contributed by atoms with E-state index < -0.39 is 11.9 Å². The van der Waals surface area contributed by atoms with Gasteiger partial charge >= 0.3 is 0 Å². The van der Waals surface area contributed by atoms with Crippen molar-refractivity contribution in [3.8, 4) is 0 Å². The Morgan fingerprint density at radius 2 is 2.28 bits per heavy atom. The zero-order chi connectivity index (χ0) is 13.5. The van der Waals surface area contributed by atoms with Gasteiger partial charge in [-0.05, 0) is 18.4 Å². The molecule has 18 heavy (non-hydrogen) atoms. The van der Waals surface area contributed by atoms with Crippen LogP contribution in [0.25, 0.3) is 0 Å². The maximum absolute atomic E-state index is 11.6. The van der Waals surface area contributed by atoms with Crippen LogP contribution in [0.2, 0.25) is 0 Å². The van der Waals surface area contributed by atoms with Crippen LogP contribution in [0.1, 0.15) is 32.6 Å². The van der Waals surface area contributed by atoms with Gasteiger partial charge in [0.25, 0.3) is 0 Å². The zero-order valence-corrected chi connectivity index (χ0v) is 10.5. The van der Waals surface area contributed by atoms with Crippen LogP contribution >= 0.6 is 0 Å². The fraction of sp³-hybridized carbons (Fsp3) is 0.462.